The predicted molar refractivity (Wildman–Crippen MR) is 65.5 cm³/mol. The molecule has 8 heteroatoms. The lowest BCUT2D eigenvalue weighted by atomic mass is 10.3. The minimum absolute atomic E-state index is 0.181. The van der Waals surface area contributed by atoms with E-state index >= 15 is 0 Å². The van der Waals surface area contributed by atoms with E-state index in [0.717, 1.165) is 18.2 Å². The number of halogens is 2. The maximum Gasteiger partial charge on any atom is 0.264 e. The maximum absolute atomic E-state index is 12.9. The Morgan fingerprint density at radius 1 is 1.44 bits per heavy atom. The number of hydrogen-bond acceptors (Lipinski definition) is 3. The Morgan fingerprint density at radius 2 is 2.17 bits per heavy atom. The van der Waals surface area contributed by atoms with Crippen LogP contribution in [0, 0.1) is 12.7 Å². The second-order valence-corrected chi connectivity index (χ2v) is 5.67. The van der Waals surface area contributed by atoms with E-state index in [9.17, 15) is 12.8 Å². The number of H-pyrrole nitrogens is 1. The largest absolute Gasteiger partial charge is 0.264 e. The SMILES string of the molecule is Cc1cn[nH]c1NS(=O)(=O)c1ccc(F)cc1Cl. The normalized spacial score (nSPS) is 11.5. The highest BCUT2D eigenvalue weighted by Crippen LogP contribution is 2.24. The summed E-state index contributed by atoms with van der Waals surface area (Å²) in [6.45, 7) is 1.69. The van der Waals surface area contributed by atoms with Gasteiger partial charge in [-0.1, -0.05) is 11.6 Å². The van der Waals surface area contributed by atoms with Gasteiger partial charge in [0.25, 0.3) is 10.0 Å². The minimum atomic E-state index is -3.87. The molecule has 0 spiro atoms. The number of sulfonamides is 1. The van der Waals surface area contributed by atoms with Crippen molar-refractivity contribution in [2.45, 2.75) is 11.8 Å². The first kappa shape index (κ1) is 12.8. The van der Waals surface area contributed by atoms with Crippen molar-refractivity contribution in [2.24, 2.45) is 0 Å². The average Bonchev–Trinajstić information content (AvgIpc) is 2.63. The van der Waals surface area contributed by atoms with Crippen molar-refractivity contribution in [1.82, 2.24) is 10.2 Å². The quantitative estimate of drug-likeness (QED) is 0.910. The second kappa shape index (κ2) is 4.58. The topological polar surface area (TPSA) is 74.8 Å². The molecule has 96 valence electrons. The van der Waals surface area contributed by atoms with E-state index in [0.29, 0.717) is 5.56 Å². The van der Waals surface area contributed by atoms with Crippen molar-refractivity contribution >= 4 is 27.4 Å². The number of benzene rings is 1. The predicted octanol–water partition coefficient (Wildman–Crippen LogP) is 2.31. The van der Waals surface area contributed by atoms with E-state index < -0.39 is 15.8 Å². The Bertz CT molecular complexity index is 684. The highest BCUT2D eigenvalue weighted by Gasteiger charge is 2.19. The fourth-order valence-electron chi connectivity index (χ4n) is 1.33. The molecule has 5 nitrogen and oxygen atoms in total. The molecule has 0 unspecified atom stereocenters. The van der Waals surface area contributed by atoms with Crippen LogP contribution in [0.3, 0.4) is 0 Å². The third-order valence-electron chi connectivity index (χ3n) is 2.25. The zero-order valence-corrected chi connectivity index (χ0v) is 10.8. The molecule has 1 aromatic heterocycles. The molecule has 0 aliphatic rings. The average molecular weight is 290 g/mol. The van der Waals surface area contributed by atoms with E-state index in [4.69, 9.17) is 11.6 Å². The third kappa shape index (κ3) is 2.46. The van der Waals surface area contributed by atoms with Gasteiger partial charge in [-0.05, 0) is 25.1 Å². The lowest BCUT2D eigenvalue weighted by molar-refractivity contribution is 0.599. The van der Waals surface area contributed by atoms with E-state index in [1.807, 2.05) is 0 Å². The van der Waals surface area contributed by atoms with Crippen LogP contribution in [0.4, 0.5) is 10.2 Å². The molecule has 0 saturated heterocycles. The van der Waals surface area contributed by atoms with E-state index in [2.05, 4.69) is 14.9 Å². The maximum atomic E-state index is 12.9. The van der Waals surface area contributed by atoms with E-state index in [-0.39, 0.29) is 15.7 Å². The summed E-state index contributed by atoms with van der Waals surface area (Å²) in [6, 6.07) is 3.07. The van der Waals surface area contributed by atoms with Crippen molar-refractivity contribution in [3.05, 3.63) is 40.8 Å². The number of anilines is 1. The van der Waals surface area contributed by atoms with Crippen LogP contribution in [0.25, 0.3) is 0 Å². The Balaban J connectivity index is 2.40. The molecule has 1 heterocycles. The summed E-state index contributed by atoms with van der Waals surface area (Å²) in [5.41, 5.74) is 0.636. The van der Waals surface area contributed by atoms with Crippen molar-refractivity contribution < 1.29 is 12.8 Å². The van der Waals surface area contributed by atoms with Gasteiger partial charge in [0.15, 0.2) is 0 Å². The molecule has 2 rings (SSSR count). The minimum Gasteiger partial charge on any atom is -0.263 e. The van der Waals surface area contributed by atoms with Crippen LogP contribution in [-0.2, 0) is 10.0 Å². The van der Waals surface area contributed by atoms with Crippen LogP contribution in [0.1, 0.15) is 5.56 Å². The lowest BCUT2D eigenvalue weighted by Crippen LogP contribution is -2.14. The number of rotatable bonds is 3. The van der Waals surface area contributed by atoms with Gasteiger partial charge in [0, 0.05) is 5.56 Å². The molecule has 0 amide bonds. The number of aryl methyl sites for hydroxylation is 1. The van der Waals surface area contributed by atoms with Crippen LogP contribution in [-0.4, -0.2) is 18.6 Å². The summed E-state index contributed by atoms with van der Waals surface area (Å²) in [6.07, 6.45) is 1.48. The summed E-state index contributed by atoms with van der Waals surface area (Å²) in [7, 11) is -3.87. The molecule has 2 aromatic rings. The van der Waals surface area contributed by atoms with Crippen molar-refractivity contribution in [1.29, 1.82) is 0 Å². The summed E-state index contributed by atoms with van der Waals surface area (Å²) < 4.78 is 39.2. The molecular weight excluding hydrogens is 281 g/mol. The van der Waals surface area contributed by atoms with Gasteiger partial charge in [0.1, 0.15) is 16.5 Å². The zero-order valence-electron chi connectivity index (χ0n) is 9.24. The van der Waals surface area contributed by atoms with Gasteiger partial charge >= 0.3 is 0 Å². The summed E-state index contributed by atoms with van der Waals surface area (Å²) >= 11 is 5.71. The molecular formula is C10H9ClFN3O2S. The molecule has 0 aliphatic carbocycles. The molecule has 18 heavy (non-hydrogen) atoms. The molecule has 0 saturated carbocycles. The van der Waals surface area contributed by atoms with Crippen molar-refractivity contribution in [2.75, 3.05) is 4.72 Å². The molecule has 0 aliphatic heterocycles. The van der Waals surface area contributed by atoms with Gasteiger partial charge in [-0.3, -0.25) is 9.82 Å². The number of nitrogens with zero attached hydrogens (tertiary/aromatic N) is 1. The fraction of sp³-hybridized carbons (Fsp3) is 0.100. The zero-order chi connectivity index (χ0) is 13.3. The van der Waals surface area contributed by atoms with Crippen LogP contribution in [0.15, 0.2) is 29.3 Å². The second-order valence-electron chi connectivity index (χ2n) is 3.61. The Morgan fingerprint density at radius 3 is 2.72 bits per heavy atom. The van der Waals surface area contributed by atoms with Crippen LogP contribution < -0.4 is 4.72 Å². The molecule has 1 aromatic carbocycles. The first-order valence-corrected chi connectivity index (χ1v) is 6.74. The lowest BCUT2D eigenvalue weighted by Gasteiger charge is -2.08. The van der Waals surface area contributed by atoms with Gasteiger partial charge in [0.05, 0.1) is 11.2 Å². The van der Waals surface area contributed by atoms with Gasteiger partial charge in [-0.2, -0.15) is 5.10 Å². The molecule has 2 N–H and O–H groups in total. The number of aromatic amines is 1. The number of hydrogen-bond donors (Lipinski definition) is 2. The van der Waals surface area contributed by atoms with Gasteiger partial charge in [-0.15, -0.1) is 0 Å². The number of aromatic nitrogens is 2. The van der Waals surface area contributed by atoms with Crippen molar-refractivity contribution in [3.63, 3.8) is 0 Å². The number of nitrogens with one attached hydrogen (secondary N) is 2. The highest BCUT2D eigenvalue weighted by molar-refractivity contribution is 7.92. The molecule has 0 fully saturated rings. The summed E-state index contributed by atoms with van der Waals surface area (Å²) in [4.78, 5) is -0.195. The third-order valence-corrected chi connectivity index (χ3v) is 4.08. The van der Waals surface area contributed by atoms with Crippen LogP contribution >= 0.6 is 11.6 Å². The Labute approximate surface area is 108 Å². The van der Waals surface area contributed by atoms with Gasteiger partial charge in [0.2, 0.25) is 0 Å². The smallest absolute Gasteiger partial charge is 0.263 e. The summed E-state index contributed by atoms with van der Waals surface area (Å²) in [5.74, 6) is -0.355. The monoisotopic (exact) mass is 289 g/mol. The van der Waals surface area contributed by atoms with Crippen molar-refractivity contribution in [3.8, 4) is 0 Å². The van der Waals surface area contributed by atoms with Crippen LogP contribution in [0.5, 0.6) is 0 Å². The summed E-state index contributed by atoms with van der Waals surface area (Å²) in [5, 5.41) is 6.02. The Kier molecular flexibility index (Phi) is 3.27. The molecule has 0 atom stereocenters. The first-order chi connectivity index (χ1) is 8.40. The van der Waals surface area contributed by atoms with Crippen LogP contribution in [0.2, 0.25) is 5.02 Å². The highest BCUT2D eigenvalue weighted by atomic mass is 35.5. The first-order valence-electron chi connectivity index (χ1n) is 4.88. The van der Waals surface area contributed by atoms with E-state index in [1.54, 1.807) is 6.92 Å². The van der Waals surface area contributed by atoms with E-state index in [1.165, 1.54) is 6.20 Å². The standard InChI is InChI=1S/C10H9ClFN3O2S/c1-6-5-13-14-10(6)15-18(16,17)9-3-2-7(12)4-8(9)11/h2-5H,1H3,(H2,13,14,15). The van der Waals surface area contributed by atoms with Gasteiger partial charge in [-0.25, -0.2) is 12.8 Å². The van der Waals surface area contributed by atoms with Gasteiger partial charge < -0.3 is 0 Å². The Hall–Kier alpha value is -1.60. The molecule has 0 radical (unpaired) electrons. The molecule has 0 bridgehead atoms. The fourth-order valence-corrected chi connectivity index (χ4v) is 2.95.